The van der Waals surface area contributed by atoms with E-state index in [0.717, 1.165) is 5.33 Å². The van der Waals surface area contributed by atoms with E-state index in [4.69, 9.17) is 7.85 Å². The highest BCUT2D eigenvalue weighted by molar-refractivity contribution is 9.08. The maximum atomic E-state index is 5.43. The number of alkyl halides is 1. The Morgan fingerprint density at radius 3 is 2.00 bits per heavy atom. The molecular formula is C8H8BBr. The fourth-order valence-corrected chi connectivity index (χ4v) is 1.14. The molecule has 0 atom stereocenters. The average molecular weight is 195 g/mol. The van der Waals surface area contributed by atoms with Crippen LogP contribution >= 0.6 is 15.9 Å². The van der Waals surface area contributed by atoms with E-state index >= 15 is 0 Å². The topological polar surface area (TPSA) is 0 Å². The van der Waals surface area contributed by atoms with Gasteiger partial charge in [-0.2, -0.15) is 0 Å². The Balaban J connectivity index is 2.80. The molecule has 0 nitrogen and oxygen atoms in total. The lowest BCUT2D eigenvalue weighted by atomic mass is 9.96. The average Bonchev–Trinajstić information content (AvgIpc) is 2.05. The summed E-state index contributed by atoms with van der Waals surface area (Å²) < 4.78 is 0. The van der Waals surface area contributed by atoms with Crippen molar-refractivity contribution in [2.24, 2.45) is 0 Å². The van der Waals surface area contributed by atoms with Crippen LogP contribution in [-0.4, -0.2) is 7.85 Å². The first-order valence-corrected chi connectivity index (χ1v) is 4.33. The van der Waals surface area contributed by atoms with Crippen LogP contribution in [0.25, 0.3) is 0 Å². The number of hydrogen-bond donors (Lipinski definition) is 0. The van der Waals surface area contributed by atoms with Crippen LogP contribution in [0.3, 0.4) is 0 Å². The van der Waals surface area contributed by atoms with E-state index in [1.807, 2.05) is 0 Å². The quantitative estimate of drug-likeness (QED) is 0.501. The fraction of sp³-hybridized carbons (Fsp3) is 0.250. The van der Waals surface area contributed by atoms with Crippen molar-refractivity contribution in [1.82, 2.24) is 0 Å². The second kappa shape index (κ2) is 3.82. The molecule has 10 heavy (non-hydrogen) atoms. The van der Waals surface area contributed by atoms with Gasteiger partial charge in [0.25, 0.3) is 0 Å². The van der Waals surface area contributed by atoms with E-state index in [9.17, 15) is 0 Å². The summed E-state index contributed by atoms with van der Waals surface area (Å²) in [6, 6.07) is 8.26. The zero-order chi connectivity index (χ0) is 7.40. The highest BCUT2D eigenvalue weighted by Gasteiger charge is 1.88. The van der Waals surface area contributed by atoms with E-state index in [0.29, 0.717) is 6.32 Å². The van der Waals surface area contributed by atoms with E-state index in [1.165, 1.54) is 11.1 Å². The van der Waals surface area contributed by atoms with Crippen molar-refractivity contribution in [1.29, 1.82) is 0 Å². The molecule has 0 amide bonds. The number of halogens is 1. The lowest BCUT2D eigenvalue weighted by molar-refractivity contribution is 1.35. The van der Waals surface area contributed by atoms with Gasteiger partial charge in [-0.05, 0) is 5.56 Å². The Bertz CT molecular complexity index is 170. The maximum absolute atomic E-state index is 5.43. The first-order chi connectivity index (χ1) is 4.86. The Labute approximate surface area is 71.2 Å². The minimum absolute atomic E-state index is 0.628. The fourth-order valence-electron chi connectivity index (χ4n) is 0.764. The second-order valence-corrected chi connectivity index (χ2v) is 2.71. The third kappa shape index (κ3) is 1.88. The zero-order valence-electron chi connectivity index (χ0n) is 5.68. The first kappa shape index (κ1) is 7.87. The molecule has 0 aliphatic heterocycles. The smallest absolute Gasteiger partial charge is 0.0716 e. The van der Waals surface area contributed by atoms with Crippen molar-refractivity contribution in [3.05, 3.63) is 35.4 Å². The van der Waals surface area contributed by atoms with Gasteiger partial charge in [0, 0.05) is 5.33 Å². The van der Waals surface area contributed by atoms with Crippen molar-refractivity contribution in [3.8, 4) is 0 Å². The summed E-state index contributed by atoms with van der Waals surface area (Å²) >= 11 is 3.37. The van der Waals surface area contributed by atoms with Gasteiger partial charge >= 0.3 is 0 Å². The van der Waals surface area contributed by atoms with Gasteiger partial charge < -0.3 is 0 Å². The van der Waals surface area contributed by atoms with E-state index in [1.54, 1.807) is 0 Å². The molecule has 0 aliphatic rings. The highest BCUT2D eigenvalue weighted by atomic mass is 79.9. The third-order valence-corrected chi connectivity index (χ3v) is 2.06. The molecule has 1 aromatic rings. The monoisotopic (exact) mass is 194 g/mol. The standard InChI is InChI=1S/C8H8BBr/c9-5-7-1-3-8(6-10)4-2-7/h1-4H,5-6H2. The van der Waals surface area contributed by atoms with E-state index in [-0.39, 0.29) is 0 Å². The third-order valence-electron chi connectivity index (χ3n) is 1.41. The van der Waals surface area contributed by atoms with Crippen LogP contribution in [0.2, 0.25) is 0 Å². The summed E-state index contributed by atoms with van der Waals surface area (Å²) in [5.41, 5.74) is 2.47. The first-order valence-electron chi connectivity index (χ1n) is 3.20. The molecule has 1 aromatic carbocycles. The van der Waals surface area contributed by atoms with Crippen LogP contribution in [0.15, 0.2) is 24.3 Å². The minimum Gasteiger partial charge on any atom is -0.0876 e. The van der Waals surface area contributed by atoms with Crippen LogP contribution in [0, 0.1) is 0 Å². The van der Waals surface area contributed by atoms with Gasteiger partial charge in [-0.3, -0.25) is 0 Å². The molecule has 0 fully saturated rings. The molecule has 50 valence electrons. The Kier molecular flexibility index (Phi) is 3.00. The van der Waals surface area contributed by atoms with Gasteiger partial charge in [-0.15, -0.1) is 0 Å². The molecule has 1 rings (SSSR count). The van der Waals surface area contributed by atoms with Crippen molar-refractivity contribution < 1.29 is 0 Å². The maximum Gasteiger partial charge on any atom is 0.0716 e. The molecule has 0 aromatic heterocycles. The number of benzene rings is 1. The molecule has 0 spiro atoms. The lowest BCUT2D eigenvalue weighted by Crippen LogP contribution is -1.83. The predicted octanol–water partition coefficient (Wildman–Crippen LogP) is 2.25. The summed E-state index contributed by atoms with van der Waals surface area (Å²) in [7, 11) is 5.43. The summed E-state index contributed by atoms with van der Waals surface area (Å²) in [6.07, 6.45) is 0.628. The van der Waals surface area contributed by atoms with E-state index in [2.05, 4.69) is 40.2 Å². The van der Waals surface area contributed by atoms with Crippen LogP contribution in [0.5, 0.6) is 0 Å². The SMILES string of the molecule is [B]Cc1ccc(CBr)cc1. The van der Waals surface area contributed by atoms with Gasteiger partial charge in [0.1, 0.15) is 0 Å². The molecule has 0 unspecified atom stereocenters. The van der Waals surface area contributed by atoms with Crippen LogP contribution in [0.1, 0.15) is 11.1 Å². The van der Waals surface area contributed by atoms with Gasteiger partial charge in [0.15, 0.2) is 0 Å². The van der Waals surface area contributed by atoms with Crippen molar-refractivity contribution >= 4 is 23.8 Å². The summed E-state index contributed by atoms with van der Waals surface area (Å²) in [4.78, 5) is 0. The number of rotatable bonds is 2. The zero-order valence-corrected chi connectivity index (χ0v) is 7.26. The molecule has 0 heterocycles. The normalized spacial score (nSPS) is 9.70. The lowest BCUT2D eigenvalue weighted by Gasteiger charge is -1.96. The Morgan fingerprint density at radius 1 is 1.10 bits per heavy atom. The van der Waals surface area contributed by atoms with Gasteiger partial charge in [-0.1, -0.05) is 52.1 Å². The van der Waals surface area contributed by atoms with Crippen LogP contribution in [-0.2, 0) is 11.7 Å². The summed E-state index contributed by atoms with van der Waals surface area (Å²) in [6.45, 7) is 0. The Morgan fingerprint density at radius 2 is 1.60 bits per heavy atom. The van der Waals surface area contributed by atoms with Gasteiger partial charge in [0.2, 0.25) is 0 Å². The van der Waals surface area contributed by atoms with Gasteiger partial charge in [-0.25, -0.2) is 0 Å². The molecule has 0 N–H and O–H groups in total. The molecule has 2 heteroatoms. The van der Waals surface area contributed by atoms with E-state index < -0.39 is 0 Å². The number of hydrogen-bond acceptors (Lipinski definition) is 0. The van der Waals surface area contributed by atoms with Crippen molar-refractivity contribution in [2.75, 3.05) is 0 Å². The summed E-state index contributed by atoms with van der Waals surface area (Å²) in [5.74, 6) is 0. The Hall–Kier alpha value is -0.235. The van der Waals surface area contributed by atoms with Crippen LogP contribution in [0.4, 0.5) is 0 Å². The molecule has 0 aliphatic carbocycles. The van der Waals surface area contributed by atoms with Gasteiger partial charge in [0.05, 0.1) is 7.85 Å². The highest BCUT2D eigenvalue weighted by Crippen LogP contribution is 2.07. The molecular weight excluding hydrogens is 187 g/mol. The summed E-state index contributed by atoms with van der Waals surface area (Å²) in [5, 5.41) is 0.915. The van der Waals surface area contributed by atoms with Crippen molar-refractivity contribution in [3.63, 3.8) is 0 Å². The minimum atomic E-state index is 0.628. The largest absolute Gasteiger partial charge is 0.0876 e. The molecule has 2 radical (unpaired) electrons. The molecule has 0 bridgehead atoms. The molecule has 0 saturated carbocycles. The second-order valence-electron chi connectivity index (χ2n) is 2.15. The van der Waals surface area contributed by atoms with Crippen LogP contribution < -0.4 is 0 Å². The molecule has 0 saturated heterocycles. The predicted molar refractivity (Wildman–Crippen MR) is 48.5 cm³/mol. The van der Waals surface area contributed by atoms with Crippen molar-refractivity contribution in [2.45, 2.75) is 11.7 Å².